The van der Waals surface area contributed by atoms with Gasteiger partial charge in [0.15, 0.2) is 5.82 Å². The van der Waals surface area contributed by atoms with Gasteiger partial charge in [0, 0.05) is 0 Å². The topological polar surface area (TPSA) is 132 Å². The Labute approximate surface area is 119 Å². The first-order chi connectivity index (χ1) is 9.94. The summed E-state index contributed by atoms with van der Waals surface area (Å²) in [6.07, 6.45) is 1.07. The molecule has 0 spiro atoms. The Morgan fingerprint density at radius 2 is 2.24 bits per heavy atom. The van der Waals surface area contributed by atoms with E-state index in [2.05, 4.69) is 19.4 Å². The molecule has 2 aromatic rings. The Balaban J connectivity index is 2.27. The Bertz CT molecular complexity index is 741. The van der Waals surface area contributed by atoms with E-state index in [1.54, 1.807) is 0 Å². The number of ether oxygens (including phenoxy) is 1. The van der Waals surface area contributed by atoms with E-state index in [1.165, 1.54) is 19.2 Å². The first-order valence-corrected chi connectivity index (χ1v) is 7.08. The van der Waals surface area contributed by atoms with Gasteiger partial charge in [-0.2, -0.15) is 4.98 Å². The molecule has 0 aliphatic heterocycles. The molecule has 112 valence electrons. The largest absolute Gasteiger partial charge is 0.496 e. The standard InChI is InChI=1S/C11H11N3O6S/c1-19-9-3-2-7(4-8(9)11(15)16)21(17,18)13-5-10-12-6-20-14-10/h2-4,6,13H,5H2,1H3,(H,15,16). The highest BCUT2D eigenvalue weighted by molar-refractivity contribution is 7.89. The summed E-state index contributed by atoms with van der Waals surface area (Å²) in [4.78, 5) is 14.5. The fourth-order valence-corrected chi connectivity index (χ4v) is 2.54. The molecule has 0 aliphatic carbocycles. The molecule has 2 rings (SSSR count). The highest BCUT2D eigenvalue weighted by Gasteiger charge is 2.19. The predicted octanol–water partition coefficient (Wildman–Crippen LogP) is 0.255. The average molecular weight is 313 g/mol. The molecular formula is C11H11N3O6S. The molecule has 0 amide bonds. The summed E-state index contributed by atoms with van der Waals surface area (Å²) in [7, 11) is -2.61. The molecular weight excluding hydrogens is 302 g/mol. The van der Waals surface area contributed by atoms with Gasteiger partial charge in [0.1, 0.15) is 11.3 Å². The van der Waals surface area contributed by atoms with Gasteiger partial charge in [-0.3, -0.25) is 0 Å². The van der Waals surface area contributed by atoms with Crippen molar-refractivity contribution in [2.45, 2.75) is 11.4 Å². The van der Waals surface area contributed by atoms with Crippen molar-refractivity contribution in [3.63, 3.8) is 0 Å². The number of carboxylic acid groups (broad SMARTS) is 1. The van der Waals surface area contributed by atoms with E-state index in [1.807, 2.05) is 0 Å². The molecule has 0 atom stereocenters. The summed E-state index contributed by atoms with van der Waals surface area (Å²) in [6, 6.07) is 3.52. The second-order valence-electron chi connectivity index (χ2n) is 3.84. The highest BCUT2D eigenvalue weighted by atomic mass is 32.2. The van der Waals surface area contributed by atoms with Crippen molar-refractivity contribution < 1.29 is 27.6 Å². The number of aromatic carboxylic acids is 1. The lowest BCUT2D eigenvalue weighted by molar-refractivity contribution is 0.0693. The fraction of sp³-hybridized carbons (Fsp3) is 0.182. The van der Waals surface area contributed by atoms with Gasteiger partial charge >= 0.3 is 5.97 Å². The van der Waals surface area contributed by atoms with Crippen LogP contribution in [0.15, 0.2) is 34.0 Å². The van der Waals surface area contributed by atoms with Crippen LogP contribution in [-0.2, 0) is 16.6 Å². The van der Waals surface area contributed by atoms with Crippen LogP contribution in [0.4, 0.5) is 0 Å². The molecule has 2 N–H and O–H groups in total. The second-order valence-corrected chi connectivity index (χ2v) is 5.61. The average Bonchev–Trinajstić information content (AvgIpc) is 2.97. The number of nitrogens with zero attached hydrogens (tertiary/aromatic N) is 2. The van der Waals surface area contributed by atoms with Crippen LogP contribution in [0, 0.1) is 0 Å². The molecule has 0 radical (unpaired) electrons. The summed E-state index contributed by atoms with van der Waals surface area (Å²) in [6.45, 7) is -0.173. The molecule has 0 saturated heterocycles. The van der Waals surface area contributed by atoms with Gasteiger partial charge in [0.25, 0.3) is 0 Å². The lowest BCUT2D eigenvalue weighted by Crippen LogP contribution is -2.24. The lowest BCUT2D eigenvalue weighted by atomic mass is 10.2. The third kappa shape index (κ3) is 3.35. The first kappa shape index (κ1) is 14.9. The number of rotatable bonds is 6. The summed E-state index contributed by atoms with van der Waals surface area (Å²) in [5.41, 5.74) is -0.250. The minimum Gasteiger partial charge on any atom is -0.496 e. The van der Waals surface area contributed by atoms with Crippen LogP contribution < -0.4 is 9.46 Å². The number of hydrogen-bond acceptors (Lipinski definition) is 7. The van der Waals surface area contributed by atoms with E-state index in [0.29, 0.717) is 0 Å². The quantitative estimate of drug-likeness (QED) is 0.776. The minimum atomic E-state index is -3.91. The van der Waals surface area contributed by atoms with Crippen molar-refractivity contribution in [3.05, 3.63) is 36.0 Å². The van der Waals surface area contributed by atoms with Gasteiger partial charge in [-0.25, -0.2) is 17.9 Å². The number of sulfonamides is 1. The zero-order chi connectivity index (χ0) is 15.5. The monoisotopic (exact) mass is 313 g/mol. The summed E-state index contributed by atoms with van der Waals surface area (Å²) in [5.74, 6) is -1.06. The summed E-state index contributed by atoms with van der Waals surface area (Å²) >= 11 is 0. The number of nitrogens with one attached hydrogen (secondary N) is 1. The Hall–Kier alpha value is -2.46. The van der Waals surface area contributed by atoms with Crippen LogP contribution in [0.1, 0.15) is 16.2 Å². The minimum absolute atomic E-state index is 0.0691. The molecule has 0 fully saturated rings. The molecule has 21 heavy (non-hydrogen) atoms. The van der Waals surface area contributed by atoms with Crippen LogP contribution in [0.25, 0.3) is 0 Å². The zero-order valence-electron chi connectivity index (χ0n) is 10.8. The molecule has 1 aromatic heterocycles. The molecule has 0 aliphatic rings. The van der Waals surface area contributed by atoms with Gasteiger partial charge in [-0.15, -0.1) is 0 Å². The van der Waals surface area contributed by atoms with E-state index >= 15 is 0 Å². The van der Waals surface area contributed by atoms with Gasteiger partial charge in [-0.05, 0) is 18.2 Å². The second kappa shape index (κ2) is 5.89. The highest BCUT2D eigenvalue weighted by Crippen LogP contribution is 2.22. The Morgan fingerprint density at radius 1 is 1.48 bits per heavy atom. The van der Waals surface area contributed by atoms with Crippen molar-refractivity contribution in [2.24, 2.45) is 0 Å². The molecule has 1 aromatic carbocycles. The van der Waals surface area contributed by atoms with Gasteiger partial charge < -0.3 is 14.4 Å². The number of carbonyl (C=O) groups is 1. The van der Waals surface area contributed by atoms with Gasteiger partial charge in [0.2, 0.25) is 16.4 Å². The first-order valence-electron chi connectivity index (χ1n) is 5.60. The number of benzene rings is 1. The molecule has 10 heteroatoms. The summed E-state index contributed by atoms with van der Waals surface area (Å²) < 4.78 is 35.7. The van der Waals surface area contributed by atoms with Crippen molar-refractivity contribution in [3.8, 4) is 5.75 Å². The predicted molar refractivity (Wildman–Crippen MR) is 68.3 cm³/mol. The van der Waals surface area contributed by atoms with Crippen molar-refractivity contribution >= 4 is 16.0 Å². The molecule has 9 nitrogen and oxygen atoms in total. The maximum Gasteiger partial charge on any atom is 0.339 e. The molecule has 1 heterocycles. The Kier molecular flexibility index (Phi) is 4.19. The van der Waals surface area contributed by atoms with E-state index in [-0.39, 0.29) is 28.6 Å². The number of methoxy groups -OCH3 is 1. The molecule has 0 saturated carbocycles. The number of aromatic nitrogens is 2. The van der Waals surface area contributed by atoms with Crippen molar-refractivity contribution in [1.82, 2.24) is 14.9 Å². The third-order valence-electron chi connectivity index (χ3n) is 2.54. The van der Waals surface area contributed by atoms with Gasteiger partial charge in [-0.1, -0.05) is 5.16 Å². The SMILES string of the molecule is COc1ccc(S(=O)(=O)NCc2ncon2)cc1C(=O)O. The number of carboxylic acids is 1. The van der Waals surface area contributed by atoms with Crippen LogP contribution in [0.3, 0.4) is 0 Å². The lowest BCUT2D eigenvalue weighted by Gasteiger charge is -2.08. The molecule has 0 unspecified atom stereocenters. The maximum atomic E-state index is 12.1. The van der Waals surface area contributed by atoms with Crippen molar-refractivity contribution in [2.75, 3.05) is 7.11 Å². The van der Waals surface area contributed by atoms with Crippen LogP contribution in [-0.4, -0.2) is 36.7 Å². The molecule has 0 bridgehead atoms. The van der Waals surface area contributed by atoms with Crippen LogP contribution in [0.2, 0.25) is 0 Å². The van der Waals surface area contributed by atoms with E-state index < -0.39 is 16.0 Å². The summed E-state index contributed by atoms with van der Waals surface area (Å²) in [5, 5.41) is 12.5. The van der Waals surface area contributed by atoms with Crippen LogP contribution in [0.5, 0.6) is 5.75 Å². The Morgan fingerprint density at radius 3 is 2.81 bits per heavy atom. The maximum absolute atomic E-state index is 12.1. The fourth-order valence-electron chi connectivity index (χ4n) is 1.53. The van der Waals surface area contributed by atoms with Crippen LogP contribution >= 0.6 is 0 Å². The van der Waals surface area contributed by atoms with E-state index in [0.717, 1.165) is 12.5 Å². The van der Waals surface area contributed by atoms with Crippen molar-refractivity contribution in [1.29, 1.82) is 0 Å². The van der Waals surface area contributed by atoms with E-state index in [4.69, 9.17) is 9.84 Å². The smallest absolute Gasteiger partial charge is 0.339 e. The van der Waals surface area contributed by atoms with Gasteiger partial charge in [0.05, 0.1) is 18.6 Å². The van der Waals surface area contributed by atoms with E-state index in [9.17, 15) is 13.2 Å². The zero-order valence-corrected chi connectivity index (χ0v) is 11.6. The third-order valence-corrected chi connectivity index (χ3v) is 3.94. The number of hydrogen-bond donors (Lipinski definition) is 2. The normalized spacial score (nSPS) is 11.3.